The summed E-state index contributed by atoms with van der Waals surface area (Å²) in [4.78, 5) is 11.9. The lowest BCUT2D eigenvalue weighted by Crippen LogP contribution is -2.52. The molecule has 0 aromatic heterocycles. The number of aliphatic hydroxyl groups excluding tert-OH is 1. The Morgan fingerprint density at radius 3 is 2.17 bits per heavy atom. The summed E-state index contributed by atoms with van der Waals surface area (Å²) < 4.78 is 0. The van der Waals surface area contributed by atoms with Crippen LogP contribution in [0.15, 0.2) is 36.0 Å². The molecule has 0 radical (unpaired) electrons. The second-order valence-electron chi connectivity index (χ2n) is 16.6. The number of fused-ring (bicyclic) bond motifs is 10. The van der Waals surface area contributed by atoms with Gasteiger partial charge in [-0.05, 0) is 147 Å². The van der Waals surface area contributed by atoms with Crippen molar-refractivity contribution in [1.29, 1.82) is 0 Å². The van der Waals surface area contributed by atoms with Crippen LogP contribution in [0, 0.1) is 75.9 Å². The molecule has 0 bridgehead atoms. The van der Waals surface area contributed by atoms with Crippen molar-refractivity contribution in [3.63, 3.8) is 0 Å². The van der Waals surface area contributed by atoms with E-state index in [-0.39, 0.29) is 6.10 Å². The molecule has 40 heavy (non-hydrogen) atoms. The first-order valence-corrected chi connectivity index (χ1v) is 17.4. The maximum atomic E-state index is 11.9. The highest BCUT2D eigenvalue weighted by Crippen LogP contribution is 2.63. The van der Waals surface area contributed by atoms with Crippen LogP contribution in [0.25, 0.3) is 0 Å². The maximum absolute atomic E-state index is 11.9. The summed E-state index contributed by atoms with van der Waals surface area (Å²) in [5.74, 6) is 10.1. The van der Waals surface area contributed by atoms with E-state index in [0.717, 1.165) is 84.9 Å². The summed E-state index contributed by atoms with van der Waals surface area (Å²) in [7, 11) is 0. The Kier molecular flexibility index (Phi) is 7.08. The zero-order valence-corrected chi connectivity index (χ0v) is 25.9. The fraction of sp³-hybridized carbons (Fsp3) is 0.816. The van der Waals surface area contributed by atoms with Crippen molar-refractivity contribution in [2.75, 3.05) is 0 Å². The quantitative estimate of drug-likeness (QED) is 0.309. The fourth-order valence-corrected chi connectivity index (χ4v) is 12.6. The third-order valence-electron chi connectivity index (χ3n) is 14.9. The molecule has 0 amide bonds. The SMILES string of the molecule is CC1CC2C(CC=C3CC(O)CCC32C)C2CC=CC12.CC1CC2C(CCC3CC(=O)CCC32C)C2CC=CC12. The van der Waals surface area contributed by atoms with E-state index < -0.39 is 0 Å². The van der Waals surface area contributed by atoms with Crippen molar-refractivity contribution in [2.45, 2.75) is 117 Å². The number of aliphatic hydroxyl groups is 1. The van der Waals surface area contributed by atoms with E-state index in [2.05, 4.69) is 58.1 Å². The lowest BCUT2D eigenvalue weighted by molar-refractivity contribution is -0.136. The van der Waals surface area contributed by atoms with Crippen LogP contribution in [0.5, 0.6) is 0 Å². The van der Waals surface area contributed by atoms with Gasteiger partial charge in [-0.3, -0.25) is 4.79 Å². The molecule has 220 valence electrons. The average molecular weight is 545 g/mol. The van der Waals surface area contributed by atoms with Crippen molar-refractivity contribution in [3.05, 3.63) is 36.0 Å². The topological polar surface area (TPSA) is 37.3 Å². The van der Waals surface area contributed by atoms with Gasteiger partial charge in [0.25, 0.3) is 0 Å². The lowest BCUT2D eigenvalue weighted by Gasteiger charge is -2.59. The van der Waals surface area contributed by atoms with Gasteiger partial charge >= 0.3 is 0 Å². The van der Waals surface area contributed by atoms with E-state index in [0.29, 0.717) is 22.5 Å². The molecule has 8 rings (SSSR count). The number of ketones is 1. The van der Waals surface area contributed by atoms with E-state index in [4.69, 9.17) is 0 Å². The number of carbonyl (C=O) groups excluding carboxylic acids is 1. The molecule has 2 heteroatoms. The number of hydrogen-bond acceptors (Lipinski definition) is 2. The van der Waals surface area contributed by atoms with Crippen LogP contribution in [-0.4, -0.2) is 17.0 Å². The van der Waals surface area contributed by atoms with E-state index in [1.165, 1.54) is 57.8 Å². The van der Waals surface area contributed by atoms with Gasteiger partial charge in [0.05, 0.1) is 6.10 Å². The van der Waals surface area contributed by atoms with Crippen molar-refractivity contribution in [3.8, 4) is 0 Å². The molecule has 0 aliphatic heterocycles. The monoisotopic (exact) mass is 544 g/mol. The number of hydrogen-bond donors (Lipinski definition) is 1. The Hall–Kier alpha value is -1.15. The molecule has 0 spiro atoms. The highest BCUT2D eigenvalue weighted by molar-refractivity contribution is 5.79. The molecule has 1 N–H and O–H groups in total. The molecule has 8 aliphatic rings. The summed E-state index contributed by atoms with van der Waals surface area (Å²) >= 11 is 0. The molecule has 0 aromatic rings. The van der Waals surface area contributed by atoms with Gasteiger partial charge in [-0.2, -0.15) is 0 Å². The third kappa shape index (κ3) is 4.31. The molecular weight excluding hydrogens is 488 g/mol. The standard InChI is InChI=1S/2C19H28O/c2*1-12-10-18-17(16-5-3-4-15(12)16)7-6-13-11-14(20)8-9-19(13,18)2/h3-4,12-13,15-18H,5-11H2,1-2H3;3-4,6,12,14-18,20H,5,7-11H2,1-2H3. The first kappa shape index (κ1) is 27.7. The van der Waals surface area contributed by atoms with Crippen molar-refractivity contribution in [1.82, 2.24) is 0 Å². The number of carbonyl (C=O) groups is 1. The van der Waals surface area contributed by atoms with Crippen molar-refractivity contribution in [2.24, 2.45) is 75.9 Å². The number of rotatable bonds is 0. The highest BCUT2D eigenvalue weighted by atomic mass is 16.3. The molecule has 5 fully saturated rings. The Balaban J connectivity index is 0.000000132. The van der Waals surface area contributed by atoms with E-state index in [1.54, 1.807) is 5.57 Å². The van der Waals surface area contributed by atoms with Gasteiger partial charge in [0, 0.05) is 12.8 Å². The third-order valence-corrected chi connectivity index (χ3v) is 14.9. The number of allylic oxidation sites excluding steroid dienone is 5. The molecule has 0 aromatic carbocycles. The molecule has 5 saturated carbocycles. The largest absolute Gasteiger partial charge is 0.393 e. The highest BCUT2D eigenvalue weighted by Gasteiger charge is 2.56. The van der Waals surface area contributed by atoms with Gasteiger partial charge in [-0.25, -0.2) is 0 Å². The normalized spacial score (nSPS) is 54.0. The Bertz CT molecular complexity index is 1080. The van der Waals surface area contributed by atoms with Crippen LogP contribution >= 0.6 is 0 Å². The van der Waals surface area contributed by atoms with Crippen LogP contribution in [0.1, 0.15) is 111 Å². The van der Waals surface area contributed by atoms with E-state index >= 15 is 0 Å². The van der Waals surface area contributed by atoms with Crippen molar-refractivity contribution < 1.29 is 9.90 Å². The van der Waals surface area contributed by atoms with E-state index in [9.17, 15) is 9.90 Å². The Labute approximate surface area is 244 Å². The van der Waals surface area contributed by atoms with Gasteiger partial charge in [0.2, 0.25) is 0 Å². The molecule has 0 heterocycles. The van der Waals surface area contributed by atoms with Crippen LogP contribution in [0.2, 0.25) is 0 Å². The van der Waals surface area contributed by atoms with Gasteiger partial charge in [0.15, 0.2) is 0 Å². The predicted molar refractivity (Wildman–Crippen MR) is 163 cm³/mol. The van der Waals surface area contributed by atoms with Gasteiger partial charge in [0.1, 0.15) is 5.78 Å². The molecule has 14 unspecified atom stereocenters. The second kappa shape index (κ2) is 10.2. The zero-order valence-electron chi connectivity index (χ0n) is 25.9. The van der Waals surface area contributed by atoms with Gasteiger partial charge < -0.3 is 5.11 Å². The second-order valence-corrected chi connectivity index (χ2v) is 16.6. The maximum Gasteiger partial charge on any atom is 0.133 e. The lowest BCUT2D eigenvalue weighted by atomic mass is 9.46. The summed E-state index contributed by atoms with van der Waals surface area (Å²) in [6.07, 6.45) is 27.9. The summed E-state index contributed by atoms with van der Waals surface area (Å²) in [5.41, 5.74) is 2.46. The van der Waals surface area contributed by atoms with Crippen LogP contribution < -0.4 is 0 Å². The van der Waals surface area contributed by atoms with Crippen LogP contribution in [0.4, 0.5) is 0 Å². The average Bonchev–Trinajstić information content (AvgIpc) is 3.62. The smallest absolute Gasteiger partial charge is 0.133 e. The number of Topliss-reactive ketones (excluding diaryl/α,β-unsaturated/α-hetero) is 1. The zero-order chi connectivity index (χ0) is 27.8. The summed E-state index contributed by atoms with van der Waals surface area (Å²) in [5, 5.41) is 10.0. The van der Waals surface area contributed by atoms with Gasteiger partial charge in [-0.1, -0.05) is 63.6 Å². The molecule has 8 aliphatic carbocycles. The van der Waals surface area contributed by atoms with Crippen LogP contribution in [0.3, 0.4) is 0 Å². The Morgan fingerprint density at radius 1 is 0.775 bits per heavy atom. The molecular formula is C38H56O2. The van der Waals surface area contributed by atoms with E-state index in [1.807, 2.05) is 0 Å². The summed E-state index contributed by atoms with van der Waals surface area (Å²) in [6.45, 7) is 10.0. The van der Waals surface area contributed by atoms with Crippen molar-refractivity contribution >= 4 is 5.78 Å². The van der Waals surface area contributed by atoms with Crippen LogP contribution in [-0.2, 0) is 4.79 Å². The first-order valence-electron chi connectivity index (χ1n) is 17.4. The minimum absolute atomic E-state index is 0.0761. The predicted octanol–water partition coefficient (Wildman–Crippen LogP) is 8.95. The summed E-state index contributed by atoms with van der Waals surface area (Å²) in [6, 6.07) is 0. The molecule has 0 saturated heterocycles. The molecule has 2 nitrogen and oxygen atoms in total. The first-order chi connectivity index (χ1) is 19.2. The minimum Gasteiger partial charge on any atom is -0.393 e. The minimum atomic E-state index is -0.0761. The molecule has 14 atom stereocenters. The Morgan fingerprint density at radius 2 is 1.45 bits per heavy atom. The van der Waals surface area contributed by atoms with Gasteiger partial charge in [-0.15, -0.1) is 0 Å². The fourth-order valence-electron chi connectivity index (χ4n) is 12.6.